The van der Waals surface area contributed by atoms with Crippen LogP contribution in [0.25, 0.3) is 0 Å². The standard InChI is InChI=1S/C26H28N4O4S/c1-18-9-10-23-21(15-18)27-26(31)20-16-25(35(32,33)28(2)3)22(17-24(20)34-23)30-13-11-29(12-14-30)19-7-5-4-6-8-19/h4-10,15-17H,11-14H2,1-3H3,(H,27,31). The number of hydrogen-bond donors (Lipinski definition) is 1. The van der Waals surface area contributed by atoms with Gasteiger partial charge in [-0.3, -0.25) is 4.79 Å². The Balaban J connectivity index is 1.56. The van der Waals surface area contributed by atoms with Crippen LogP contribution in [0.5, 0.6) is 11.5 Å². The number of para-hydroxylation sites is 1. The van der Waals surface area contributed by atoms with Gasteiger partial charge in [0.25, 0.3) is 5.91 Å². The molecule has 1 saturated heterocycles. The zero-order valence-electron chi connectivity index (χ0n) is 20.0. The third-order valence-electron chi connectivity index (χ3n) is 6.41. The van der Waals surface area contributed by atoms with Gasteiger partial charge in [0.15, 0.2) is 5.75 Å². The molecular formula is C26H28N4O4S. The lowest BCUT2D eigenvalue weighted by Gasteiger charge is -2.38. The highest BCUT2D eigenvalue weighted by molar-refractivity contribution is 7.89. The van der Waals surface area contributed by atoms with Gasteiger partial charge in [0.05, 0.1) is 16.9 Å². The Bertz CT molecular complexity index is 1380. The summed E-state index contributed by atoms with van der Waals surface area (Å²) in [5, 5.41) is 2.86. The number of benzene rings is 3. The van der Waals surface area contributed by atoms with Crippen molar-refractivity contribution in [3.05, 3.63) is 71.8 Å². The summed E-state index contributed by atoms with van der Waals surface area (Å²) in [7, 11) is -0.836. The summed E-state index contributed by atoms with van der Waals surface area (Å²) in [6.45, 7) is 4.68. The highest BCUT2D eigenvalue weighted by atomic mass is 32.2. The normalized spacial score (nSPS) is 15.7. The fourth-order valence-corrected chi connectivity index (χ4v) is 5.56. The van der Waals surface area contributed by atoms with E-state index in [0.717, 1.165) is 24.3 Å². The Labute approximate surface area is 205 Å². The number of carbonyl (C=O) groups excluding carboxylic acids is 1. The maximum atomic E-state index is 13.3. The zero-order valence-corrected chi connectivity index (χ0v) is 20.8. The molecular weight excluding hydrogens is 464 g/mol. The number of aryl methyl sites for hydroxylation is 1. The van der Waals surface area contributed by atoms with Gasteiger partial charge in [-0.05, 0) is 42.8 Å². The molecule has 0 unspecified atom stereocenters. The fourth-order valence-electron chi connectivity index (χ4n) is 4.44. The topological polar surface area (TPSA) is 82.2 Å². The van der Waals surface area contributed by atoms with Gasteiger partial charge in [0.1, 0.15) is 10.6 Å². The van der Waals surface area contributed by atoms with Crippen molar-refractivity contribution in [1.82, 2.24) is 4.31 Å². The fraction of sp³-hybridized carbons (Fsp3) is 0.269. The van der Waals surface area contributed by atoms with E-state index in [1.807, 2.05) is 43.3 Å². The average molecular weight is 493 g/mol. The quantitative estimate of drug-likeness (QED) is 0.594. The van der Waals surface area contributed by atoms with Gasteiger partial charge in [-0.15, -0.1) is 0 Å². The van der Waals surface area contributed by atoms with Crippen molar-refractivity contribution in [3.8, 4) is 11.5 Å². The van der Waals surface area contributed by atoms with Crippen molar-refractivity contribution in [2.24, 2.45) is 0 Å². The third-order valence-corrected chi connectivity index (χ3v) is 8.25. The molecule has 2 aliphatic heterocycles. The molecule has 8 nitrogen and oxygen atoms in total. The first-order valence-corrected chi connectivity index (χ1v) is 12.9. The van der Waals surface area contributed by atoms with Crippen molar-refractivity contribution >= 4 is 33.0 Å². The number of hydrogen-bond acceptors (Lipinski definition) is 6. The second-order valence-corrected chi connectivity index (χ2v) is 11.1. The molecule has 2 aliphatic rings. The van der Waals surface area contributed by atoms with Gasteiger partial charge >= 0.3 is 0 Å². The van der Waals surface area contributed by atoms with E-state index in [1.165, 1.54) is 24.5 Å². The van der Waals surface area contributed by atoms with Crippen molar-refractivity contribution in [1.29, 1.82) is 0 Å². The summed E-state index contributed by atoms with van der Waals surface area (Å²) in [6.07, 6.45) is 0. The van der Waals surface area contributed by atoms with E-state index in [9.17, 15) is 13.2 Å². The molecule has 1 amide bonds. The van der Waals surface area contributed by atoms with Crippen molar-refractivity contribution < 1.29 is 17.9 Å². The van der Waals surface area contributed by atoms with Gasteiger partial charge in [-0.25, -0.2) is 12.7 Å². The van der Waals surface area contributed by atoms with Gasteiger partial charge in [0.2, 0.25) is 10.0 Å². The maximum absolute atomic E-state index is 13.3. The van der Waals surface area contributed by atoms with E-state index in [4.69, 9.17) is 4.74 Å². The lowest BCUT2D eigenvalue weighted by molar-refractivity contribution is 0.102. The molecule has 1 fully saturated rings. The van der Waals surface area contributed by atoms with Crippen LogP contribution in [0.15, 0.2) is 65.6 Å². The van der Waals surface area contributed by atoms with Crippen LogP contribution < -0.4 is 19.9 Å². The first-order valence-electron chi connectivity index (χ1n) is 11.5. The summed E-state index contributed by atoms with van der Waals surface area (Å²) in [5.41, 5.74) is 3.40. The summed E-state index contributed by atoms with van der Waals surface area (Å²) >= 11 is 0. The minimum absolute atomic E-state index is 0.0929. The number of piperazine rings is 1. The molecule has 0 radical (unpaired) electrons. The van der Waals surface area contributed by atoms with Crippen LogP contribution in [0.4, 0.5) is 17.1 Å². The van der Waals surface area contributed by atoms with Crippen LogP contribution in [0.1, 0.15) is 15.9 Å². The zero-order chi connectivity index (χ0) is 24.7. The molecule has 0 saturated carbocycles. The number of carbonyl (C=O) groups is 1. The van der Waals surface area contributed by atoms with E-state index < -0.39 is 15.9 Å². The molecule has 0 aliphatic carbocycles. The molecule has 35 heavy (non-hydrogen) atoms. The number of rotatable bonds is 4. The third kappa shape index (κ3) is 4.33. The number of sulfonamides is 1. The Morgan fingerprint density at radius 3 is 2.26 bits per heavy atom. The predicted octanol–water partition coefficient (Wildman–Crippen LogP) is 3.93. The smallest absolute Gasteiger partial charge is 0.259 e. The minimum Gasteiger partial charge on any atom is -0.454 e. The number of nitrogens with one attached hydrogen (secondary N) is 1. The second-order valence-electron chi connectivity index (χ2n) is 8.97. The highest BCUT2D eigenvalue weighted by Crippen LogP contribution is 2.41. The first-order chi connectivity index (χ1) is 16.7. The molecule has 0 aromatic heterocycles. The molecule has 0 spiro atoms. The van der Waals surface area contributed by atoms with Crippen molar-refractivity contribution in [2.75, 3.05) is 55.4 Å². The van der Waals surface area contributed by atoms with Crippen LogP contribution in [-0.2, 0) is 10.0 Å². The SMILES string of the molecule is Cc1ccc2c(c1)NC(=O)c1cc(S(=O)(=O)N(C)C)c(N3CCN(c4ccccc4)CC3)cc1O2. The Hall–Kier alpha value is -3.56. The predicted molar refractivity (Wildman–Crippen MR) is 137 cm³/mol. The first kappa shape index (κ1) is 23.2. The van der Waals surface area contributed by atoms with Gasteiger partial charge in [-0.2, -0.15) is 0 Å². The van der Waals surface area contributed by atoms with Crippen molar-refractivity contribution in [3.63, 3.8) is 0 Å². The highest BCUT2D eigenvalue weighted by Gasteiger charge is 2.31. The Kier molecular flexibility index (Phi) is 5.90. The lowest BCUT2D eigenvalue weighted by atomic mass is 10.1. The summed E-state index contributed by atoms with van der Waals surface area (Å²) < 4.78 is 34.0. The molecule has 0 atom stereocenters. The molecule has 3 aromatic rings. The monoisotopic (exact) mass is 492 g/mol. The number of nitrogens with zero attached hydrogens (tertiary/aromatic N) is 3. The van der Waals surface area contributed by atoms with E-state index >= 15 is 0 Å². The molecule has 0 bridgehead atoms. The number of ether oxygens (including phenoxy) is 1. The average Bonchev–Trinajstić information content (AvgIpc) is 2.98. The van der Waals surface area contributed by atoms with E-state index in [-0.39, 0.29) is 10.5 Å². The van der Waals surface area contributed by atoms with Gasteiger partial charge in [0, 0.05) is 52.0 Å². The largest absolute Gasteiger partial charge is 0.454 e. The Morgan fingerprint density at radius 2 is 1.57 bits per heavy atom. The van der Waals surface area contributed by atoms with Crippen LogP contribution >= 0.6 is 0 Å². The minimum atomic E-state index is -3.82. The maximum Gasteiger partial charge on any atom is 0.259 e. The summed E-state index contributed by atoms with van der Waals surface area (Å²) in [6, 6.07) is 18.8. The molecule has 182 valence electrons. The van der Waals surface area contributed by atoms with Crippen LogP contribution in [0, 0.1) is 6.92 Å². The van der Waals surface area contributed by atoms with E-state index in [1.54, 1.807) is 6.07 Å². The lowest BCUT2D eigenvalue weighted by Crippen LogP contribution is -2.47. The number of amides is 1. The second kappa shape index (κ2) is 8.90. The number of fused-ring (bicyclic) bond motifs is 2. The summed E-state index contributed by atoms with van der Waals surface area (Å²) in [5.74, 6) is 0.453. The van der Waals surface area contributed by atoms with Gasteiger partial charge < -0.3 is 19.9 Å². The summed E-state index contributed by atoms with van der Waals surface area (Å²) in [4.78, 5) is 17.5. The van der Waals surface area contributed by atoms with Gasteiger partial charge in [-0.1, -0.05) is 24.3 Å². The van der Waals surface area contributed by atoms with Crippen LogP contribution in [0.2, 0.25) is 0 Å². The van der Waals surface area contributed by atoms with E-state index in [0.29, 0.717) is 36.0 Å². The van der Waals surface area contributed by atoms with Crippen LogP contribution in [0.3, 0.4) is 0 Å². The molecule has 1 N–H and O–H groups in total. The molecule has 5 rings (SSSR count). The van der Waals surface area contributed by atoms with E-state index in [2.05, 4.69) is 27.2 Å². The molecule has 9 heteroatoms. The molecule has 2 heterocycles. The van der Waals surface area contributed by atoms with Crippen LogP contribution in [-0.4, -0.2) is 58.9 Å². The van der Waals surface area contributed by atoms with Crippen molar-refractivity contribution in [2.45, 2.75) is 11.8 Å². The number of anilines is 3. The Morgan fingerprint density at radius 1 is 0.886 bits per heavy atom. The molecule has 3 aromatic carbocycles.